The van der Waals surface area contributed by atoms with E-state index in [1.807, 2.05) is 43.3 Å². The highest BCUT2D eigenvalue weighted by Gasteiger charge is 2.09. The summed E-state index contributed by atoms with van der Waals surface area (Å²) in [5.41, 5.74) is 0.811. The third-order valence-electron chi connectivity index (χ3n) is 2.97. The molecule has 0 N–H and O–H groups in total. The van der Waals surface area contributed by atoms with Gasteiger partial charge in [0.15, 0.2) is 6.61 Å². The Morgan fingerprint density at radius 3 is 2.70 bits per heavy atom. The zero-order chi connectivity index (χ0) is 16.1. The first-order valence-corrected chi connectivity index (χ1v) is 7.00. The molecule has 2 aromatic heterocycles. The number of benzene rings is 1. The standard InChI is InChI=1S/C17H14N2O4/c1-12-7-8-14(22-12)9-10-16(20)21-11-15-18-19-17(23-15)13-5-3-2-4-6-13/h2-10H,11H2,1H3/b10-9+. The number of hydrogen-bond acceptors (Lipinski definition) is 6. The van der Waals surface area contributed by atoms with E-state index in [2.05, 4.69) is 10.2 Å². The lowest BCUT2D eigenvalue weighted by Gasteiger charge is -1.96. The fraction of sp³-hybridized carbons (Fsp3) is 0.118. The molecule has 0 fully saturated rings. The highest BCUT2D eigenvalue weighted by molar-refractivity contribution is 5.86. The quantitative estimate of drug-likeness (QED) is 0.531. The Morgan fingerprint density at radius 2 is 1.96 bits per heavy atom. The van der Waals surface area contributed by atoms with Crippen LogP contribution in [0.1, 0.15) is 17.4 Å². The minimum Gasteiger partial charge on any atom is -0.462 e. The molecule has 23 heavy (non-hydrogen) atoms. The number of nitrogens with zero attached hydrogens (tertiary/aromatic N) is 2. The predicted octanol–water partition coefficient (Wildman–Crippen LogP) is 3.39. The number of rotatable bonds is 5. The Kier molecular flexibility index (Phi) is 4.33. The van der Waals surface area contributed by atoms with E-state index in [4.69, 9.17) is 13.6 Å². The Labute approximate surface area is 132 Å². The lowest BCUT2D eigenvalue weighted by molar-refractivity contribution is -0.139. The summed E-state index contributed by atoms with van der Waals surface area (Å²) in [6, 6.07) is 12.9. The van der Waals surface area contributed by atoms with Gasteiger partial charge in [-0.1, -0.05) is 18.2 Å². The molecule has 3 aromatic rings. The molecule has 0 aliphatic rings. The van der Waals surface area contributed by atoms with Gasteiger partial charge in [0.1, 0.15) is 11.5 Å². The number of esters is 1. The lowest BCUT2D eigenvalue weighted by Crippen LogP contribution is -2.00. The Hall–Kier alpha value is -3.15. The number of furan rings is 1. The van der Waals surface area contributed by atoms with Gasteiger partial charge in [-0.05, 0) is 37.3 Å². The molecule has 0 radical (unpaired) electrons. The molecule has 0 saturated heterocycles. The first-order chi connectivity index (χ1) is 11.2. The maximum atomic E-state index is 11.6. The summed E-state index contributed by atoms with van der Waals surface area (Å²) < 4.78 is 15.8. The first-order valence-electron chi connectivity index (χ1n) is 7.00. The van der Waals surface area contributed by atoms with Gasteiger partial charge in [-0.25, -0.2) is 4.79 Å². The van der Waals surface area contributed by atoms with Gasteiger partial charge in [-0.3, -0.25) is 0 Å². The third-order valence-corrected chi connectivity index (χ3v) is 2.97. The monoisotopic (exact) mass is 310 g/mol. The lowest BCUT2D eigenvalue weighted by atomic mass is 10.2. The SMILES string of the molecule is Cc1ccc(/C=C/C(=O)OCc2nnc(-c3ccccc3)o2)o1. The molecule has 6 nitrogen and oxygen atoms in total. The Bertz CT molecular complexity index is 818. The predicted molar refractivity (Wildman–Crippen MR) is 82.0 cm³/mol. The molecule has 0 saturated carbocycles. The van der Waals surface area contributed by atoms with Crippen molar-refractivity contribution in [1.82, 2.24) is 10.2 Å². The second kappa shape index (κ2) is 6.74. The van der Waals surface area contributed by atoms with E-state index in [1.54, 1.807) is 12.1 Å². The van der Waals surface area contributed by atoms with E-state index in [9.17, 15) is 4.79 Å². The van der Waals surface area contributed by atoms with Crippen molar-refractivity contribution in [2.24, 2.45) is 0 Å². The van der Waals surface area contributed by atoms with E-state index in [0.717, 1.165) is 11.3 Å². The molecule has 0 aliphatic heterocycles. The summed E-state index contributed by atoms with van der Waals surface area (Å²) in [6.07, 6.45) is 2.82. The van der Waals surface area contributed by atoms with Crippen LogP contribution in [-0.2, 0) is 16.1 Å². The normalized spacial score (nSPS) is 11.0. The maximum absolute atomic E-state index is 11.6. The molecular weight excluding hydrogens is 296 g/mol. The number of hydrogen-bond donors (Lipinski definition) is 0. The number of aryl methyl sites for hydroxylation is 1. The summed E-state index contributed by atoms with van der Waals surface area (Å²) in [5.74, 6) is 1.47. The van der Waals surface area contributed by atoms with Gasteiger partial charge in [0.05, 0.1) is 0 Å². The fourth-order valence-electron chi connectivity index (χ4n) is 1.88. The number of ether oxygens (including phenoxy) is 1. The summed E-state index contributed by atoms with van der Waals surface area (Å²) in [4.78, 5) is 11.6. The number of carbonyl (C=O) groups is 1. The van der Waals surface area contributed by atoms with Crippen molar-refractivity contribution in [3.05, 3.63) is 66.0 Å². The zero-order valence-corrected chi connectivity index (χ0v) is 12.4. The molecule has 0 spiro atoms. The van der Waals surface area contributed by atoms with Crippen LogP contribution in [0.25, 0.3) is 17.5 Å². The van der Waals surface area contributed by atoms with Crippen LogP contribution in [0.3, 0.4) is 0 Å². The smallest absolute Gasteiger partial charge is 0.331 e. The second-order valence-corrected chi connectivity index (χ2v) is 4.76. The van der Waals surface area contributed by atoms with Gasteiger partial charge in [0, 0.05) is 11.6 Å². The molecular formula is C17H14N2O4. The van der Waals surface area contributed by atoms with Crippen LogP contribution in [0.5, 0.6) is 0 Å². The number of aromatic nitrogens is 2. The Morgan fingerprint density at radius 1 is 1.13 bits per heavy atom. The molecule has 3 rings (SSSR count). The molecule has 0 aliphatic carbocycles. The summed E-state index contributed by atoms with van der Waals surface area (Å²) in [7, 11) is 0. The summed E-state index contributed by atoms with van der Waals surface area (Å²) >= 11 is 0. The average Bonchev–Trinajstić information content (AvgIpc) is 3.21. The van der Waals surface area contributed by atoms with Crippen LogP contribution < -0.4 is 0 Å². The molecule has 0 amide bonds. The Balaban J connectivity index is 1.55. The minimum absolute atomic E-state index is 0.0831. The van der Waals surface area contributed by atoms with Crippen LogP contribution >= 0.6 is 0 Å². The van der Waals surface area contributed by atoms with Crippen molar-refractivity contribution in [3.8, 4) is 11.5 Å². The number of carbonyl (C=O) groups excluding carboxylic acids is 1. The molecule has 6 heteroatoms. The van der Waals surface area contributed by atoms with Crippen molar-refractivity contribution in [2.45, 2.75) is 13.5 Å². The summed E-state index contributed by atoms with van der Waals surface area (Å²) in [6.45, 7) is 1.75. The molecule has 2 heterocycles. The van der Waals surface area contributed by atoms with E-state index < -0.39 is 5.97 Å². The van der Waals surface area contributed by atoms with Crippen molar-refractivity contribution >= 4 is 12.0 Å². The van der Waals surface area contributed by atoms with Crippen LogP contribution in [0.2, 0.25) is 0 Å². The average molecular weight is 310 g/mol. The first kappa shape index (κ1) is 14.8. The van der Waals surface area contributed by atoms with E-state index in [1.165, 1.54) is 6.08 Å². The van der Waals surface area contributed by atoms with Crippen LogP contribution in [0.15, 0.2) is 57.4 Å². The fourth-order valence-corrected chi connectivity index (χ4v) is 1.88. The van der Waals surface area contributed by atoms with Gasteiger partial charge in [-0.2, -0.15) is 0 Å². The maximum Gasteiger partial charge on any atom is 0.331 e. The van der Waals surface area contributed by atoms with Crippen LogP contribution in [-0.4, -0.2) is 16.2 Å². The van der Waals surface area contributed by atoms with E-state index >= 15 is 0 Å². The highest BCUT2D eigenvalue weighted by atomic mass is 16.5. The summed E-state index contributed by atoms with van der Waals surface area (Å²) in [5, 5.41) is 7.77. The molecule has 116 valence electrons. The van der Waals surface area contributed by atoms with Crippen molar-refractivity contribution in [3.63, 3.8) is 0 Å². The molecule has 1 aromatic carbocycles. The van der Waals surface area contributed by atoms with E-state index in [-0.39, 0.29) is 12.5 Å². The van der Waals surface area contributed by atoms with Crippen LogP contribution in [0.4, 0.5) is 0 Å². The second-order valence-electron chi connectivity index (χ2n) is 4.76. The molecule has 0 atom stereocenters. The van der Waals surface area contributed by atoms with Gasteiger partial charge in [0.2, 0.25) is 5.89 Å². The molecule has 0 unspecified atom stereocenters. The van der Waals surface area contributed by atoms with Gasteiger partial charge in [-0.15, -0.1) is 10.2 Å². The van der Waals surface area contributed by atoms with Crippen LogP contribution in [0, 0.1) is 6.92 Å². The highest BCUT2D eigenvalue weighted by Crippen LogP contribution is 2.17. The van der Waals surface area contributed by atoms with Crippen molar-refractivity contribution in [1.29, 1.82) is 0 Å². The van der Waals surface area contributed by atoms with Crippen molar-refractivity contribution in [2.75, 3.05) is 0 Å². The van der Waals surface area contributed by atoms with Gasteiger partial charge >= 0.3 is 5.97 Å². The minimum atomic E-state index is -0.515. The van der Waals surface area contributed by atoms with Gasteiger partial charge in [0.25, 0.3) is 5.89 Å². The van der Waals surface area contributed by atoms with E-state index in [0.29, 0.717) is 11.7 Å². The molecule has 0 bridgehead atoms. The third kappa shape index (κ3) is 3.94. The van der Waals surface area contributed by atoms with Gasteiger partial charge < -0.3 is 13.6 Å². The largest absolute Gasteiger partial charge is 0.462 e. The topological polar surface area (TPSA) is 78.4 Å². The van der Waals surface area contributed by atoms with Crippen molar-refractivity contribution < 1.29 is 18.4 Å². The zero-order valence-electron chi connectivity index (χ0n) is 12.4.